The van der Waals surface area contributed by atoms with Gasteiger partial charge in [0.1, 0.15) is 0 Å². The van der Waals surface area contributed by atoms with Crippen LogP contribution in [0, 0.1) is 17.2 Å². The van der Waals surface area contributed by atoms with Gasteiger partial charge >= 0.3 is 0 Å². The number of hydrogen-bond donors (Lipinski definition) is 0. The van der Waals surface area contributed by atoms with Crippen LogP contribution >= 0.6 is 11.8 Å². The minimum absolute atomic E-state index is 0.00551. The smallest absolute Gasteiger partial charge is 0.191 e. The van der Waals surface area contributed by atoms with E-state index in [-0.39, 0.29) is 11.5 Å². The molecule has 136 valence electrons. The van der Waals surface area contributed by atoms with E-state index in [0.29, 0.717) is 17.0 Å². The number of pyridine rings is 1. The molecule has 0 atom stereocenters. The number of benzene rings is 1. The third-order valence-corrected chi connectivity index (χ3v) is 4.84. The van der Waals surface area contributed by atoms with Gasteiger partial charge in [0.25, 0.3) is 0 Å². The van der Waals surface area contributed by atoms with E-state index in [2.05, 4.69) is 39.7 Å². The summed E-state index contributed by atoms with van der Waals surface area (Å²) in [6.45, 7) is 5.03. The number of hydrogen-bond acceptors (Lipinski definition) is 6. The highest BCUT2D eigenvalue weighted by molar-refractivity contribution is 7.99. The summed E-state index contributed by atoms with van der Waals surface area (Å²) in [4.78, 5) is 16.5. The average molecular weight is 377 g/mol. The molecule has 6 nitrogen and oxygen atoms in total. The lowest BCUT2D eigenvalue weighted by Crippen LogP contribution is -2.09. The van der Waals surface area contributed by atoms with Crippen LogP contribution in [0.1, 0.15) is 29.8 Å². The predicted molar refractivity (Wildman–Crippen MR) is 104 cm³/mol. The maximum Gasteiger partial charge on any atom is 0.191 e. The highest BCUT2D eigenvalue weighted by Gasteiger charge is 2.17. The molecule has 3 rings (SSSR count). The van der Waals surface area contributed by atoms with Crippen molar-refractivity contribution in [1.82, 2.24) is 19.7 Å². The summed E-state index contributed by atoms with van der Waals surface area (Å²) >= 11 is 1.38. The fraction of sp³-hybridized carbons (Fsp3) is 0.250. The van der Waals surface area contributed by atoms with Gasteiger partial charge in [-0.25, -0.2) is 0 Å². The number of nitrogens with zero attached hydrogens (tertiary/aromatic N) is 5. The third-order valence-electron chi connectivity index (χ3n) is 3.87. The summed E-state index contributed by atoms with van der Waals surface area (Å²) in [5, 5.41) is 18.2. The van der Waals surface area contributed by atoms with Crippen molar-refractivity contribution in [2.24, 2.45) is 5.92 Å². The Morgan fingerprint density at radius 2 is 1.85 bits per heavy atom. The number of carbonyl (C=O) groups is 1. The zero-order chi connectivity index (χ0) is 19.2. The summed E-state index contributed by atoms with van der Waals surface area (Å²) in [5.74, 6) is 1.45. The van der Waals surface area contributed by atoms with Gasteiger partial charge in [-0.05, 0) is 30.2 Å². The molecule has 1 aromatic carbocycles. The summed E-state index contributed by atoms with van der Waals surface area (Å²) in [6, 6.07) is 12.5. The van der Waals surface area contributed by atoms with Crippen molar-refractivity contribution in [1.29, 1.82) is 5.26 Å². The van der Waals surface area contributed by atoms with E-state index < -0.39 is 0 Å². The number of carbonyl (C=O) groups excluding carboxylic acids is 1. The molecule has 0 bridgehead atoms. The minimum atomic E-state index is -0.00551. The molecule has 0 amide bonds. The van der Waals surface area contributed by atoms with E-state index >= 15 is 0 Å². The number of Topliss-reactive ketones (excluding diaryl/α,β-unsaturated/α-hetero) is 1. The van der Waals surface area contributed by atoms with Crippen molar-refractivity contribution >= 4 is 17.5 Å². The van der Waals surface area contributed by atoms with E-state index in [1.807, 2.05) is 12.1 Å². The molecule has 0 saturated carbocycles. The fourth-order valence-corrected chi connectivity index (χ4v) is 3.43. The molecule has 0 aliphatic heterocycles. The second-order valence-electron chi connectivity index (χ2n) is 6.45. The zero-order valence-corrected chi connectivity index (χ0v) is 16.0. The molecule has 27 heavy (non-hydrogen) atoms. The maximum absolute atomic E-state index is 12.5. The lowest BCUT2D eigenvalue weighted by atomic mass is 10.1. The van der Waals surface area contributed by atoms with Crippen LogP contribution < -0.4 is 0 Å². The molecule has 0 aliphatic rings. The Kier molecular flexibility index (Phi) is 5.99. The number of rotatable bonds is 7. The van der Waals surface area contributed by atoms with Gasteiger partial charge in [0, 0.05) is 30.1 Å². The number of aromatic nitrogens is 4. The van der Waals surface area contributed by atoms with Crippen molar-refractivity contribution in [3.63, 3.8) is 0 Å². The van der Waals surface area contributed by atoms with E-state index in [0.717, 1.165) is 23.1 Å². The molecular formula is C20H19N5OS. The van der Waals surface area contributed by atoms with Crippen LogP contribution in [0.4, 0.5) is 0 Å². The van der Waals surface area contributed by atoms with Gasteiger partial charge in [0.15, 0.2) is 16.8 Å². The van der Waals surface area contributed by atoms with Gasteiger partial charge in [0.2, 0.25) is 0 Å². The Morgan fingerprint density at radius 3 is 2.48 bits per heavy atom. The van der Waals surface area contributed by atoms with Crippen LogP contribution in [0.25, 0.3) is 11.4 Å². The fourth-order valence-electron chi connectivity index (χ4n) is 2.58. The molecule has 0 radical (unpaired) electrons. The number of nitriles is 1. The first kappa shape index (κ1) is 18.8. The summed E-state index contributed by atoms with van der Waals surface area (Å²) in [7, 11) is 0. The topological polar surface area (TPSA) is 84.5 Å². The van der Waals surface area contributed by atoms with Crippen molar-refractivity contribution in [2.75, 3.05) is 5.75 Å². The average Bonchev–Trinajstić information content (AvgIpc) is 3.08. The van der Waals surface area contributed by atoms with Gasteiger partial charge < -0.3 is 4.57 Å². The predicted octanol–water partition coefficient (Wildman–Crippen LogP) is 3.84. The zero-order valence-electron chi connectivity index (χ0n) is 15.2. The Hall–Kier alpha value is -2.98. The highest BCUT2D eigenvalue weighted by atomic mass is 32.2. The Bertz CT molecular complexity index is 958. The second kappa shape index (κ2) is 8.60. The van der Waals surface area contributed by atoms with Crippen LogP contribution in [-0.4, -0.2) is 31.3 Å². The summed E-state index contributed by atoms with van der Waals surface area (Å²) in [5.41, 5.74) is 2.08. The largest absolute Gasteiger partial charge is 0.302 e. The maximum atomic E-state index is 12.5. The van der Waals surface area contributed by atoms with Crippen molar-refractivity contribution in [2.45, 2.75) is 25.5 Å². The normalized spacial score (nSPS) is 10.7. The first-order chi connectivity index (χ1) is 13.1. The van der Waals surface area contributed by atoms with Crippen LogP contribution in [0.15, 0.2) is 53.9 Å². The van der Waals surface area contributed by atoms with Gasteiger partial charge in [-0.2, -0.15) is 5.26 Å². The Labute approximate surface area is 162 Å². The van der Waals surface area contributed by atoms with E-state index in [9.17, 15) is 4.79 Å². The van der Waals surface area contributed by atoms with Crippen molar-refractivity contribution in [3.05, 3.63) is 59.9 Å². The molecule has 3 aromatic rings. The van der Waals surface area contributed by atoms with E-state index in [1.54, 1.807) is 36.7 Å². The summed E-state index contributed by atoms with van der Waals surface area (Å²) in [6.07, 6.45) is 3.45. The minimum Gasteiger partial charge on any atom is -0.302 e. The number of thioether (sulfide) groups is 1. The van der Waals surface area contributed by atoms with Crippen molar-refractivity contribution in [3.8, 4) is 17.5 Å². The van der Waals surface area contributed by atoms with Crippen LogP contribution in [0.2, 0.25) is 0 Å². The molecule has 2 aromatic heterocycles. The lowest BCUT2D eigenvalue weighted by molar-refractivity contribution is 0.102. The lowest BCUT2D eigenvalue weighted by Gasteiger charge is -2.12. The Balaban J connectivity index is 1.79. The molecule has 7 heteroatoms. The molecule has 0 spiro atoms. The van der Waals surface area contributed by atoms with Crippen LogP contribution in [0.5, 0.6) is 0 Å². The highest BCUT2D eigenvalue weighted by Crippen LogP contribution is 2.25. The molecule has 2 heterocycles. The quantitative estimate of drug-likeness (QED) is 0.459. The van der Waals surface area contributed by atoms with Crippen LogP contribution in [-0.2, 0) is 6.54 Å². The van der Waals surface area contributed by atoms with Crippen molar-refractivity contribution < 1.29 is 4.79 Å². The van der Waals surface area contributed by atoms with Crippen LogP contribution in [0.3, 0.4) is 0 Å². The molecule has 0 unspecified atom stereocenters. The monoisotopic (exact) mass is 377 g/mol. The molecule has 0 N–H and O–H groups in total. The molecule has 0 aliphatic carbocycles. The van der Waals surface area contributed by atoms with Gasteiger partial charge in [0.05, 0.1) is 17.4 Å². The first-order valence-electron chi connectivity index (χ1n) is 8.58. The summed E-state index contributed by atoms with van der Waals surface area (Å²) < 4.78 is 2.05. The standard InChI is InChI=1S/C20H19N5OS/c1-14(2)12-25-19(17-7-9-22-10-8-17)23-24-20(25)27-13-18(26)16-5-3-15(11-21)4-6-16/h3-10,14H,12-13H2,1-2H3. The number of ketones is 1. The second-order valence-corrected chi connectivity index (χ2v) is 7.39. The molecular weight excluding hydrogens is 358 g/mol. The van der Waals surface area contributed by atoms with E-state index in [1.165, 1.54) is 11.8 Å². The van der Waals surface area contributed by atoms with E-state index in [4.69, 9.17) is 5.26 Å². The van der Waals surface area contributed by atoms with Gasteiger partial charge in [-0.1, -0.05) is 37.7 Å². The van der Waals surface area contributed by atoms with Gasteiger partial charge in [-0.15, -0.1) is 10.2 Å². The van der Waals surface area contributed by atoms with Gasteiger partial charge in [-0.3, -0.25) is 9.78 Å². The SMILES string of the molecule is CC(C)Cn1c(SCC(=O)c2ccc(C#N)cc2)nnc1-c1ccncc1. The molecule has 0 saturated heterocycles. The Morgan fingerprint density at radius 1 is 1.15 bits per heavy atom. The first-order valence-corrected chi connectivity index (χ1v) is 9.57. The third kappa shape index (κ3) is 4.60. The molecule has 0 fully saturated rings.